The number of hydrogen-bond donors (Lipinski definition) is 4. The monoisotopic (exact) mass is 376 g/mol. The number of nitrogens with one attached hydrogen (secondary N) is 2. The second-order valence-corrected chi connectivity index (χ2v) is 6.26. The van der Waals surface area contributed by atoms with E-state index in [1.54, 1.807) is 19.1 Å². The summed E-state index contributed by atoms with van der Waals surface area (Å²) in [4.78, 5) is 20.2. The minimum Gasteiger partial charge on any atom is -0.481 e. The number of carbonyl (C=O) groups excluding carboxylic acids is 1. The summed E-state index contributed by atoms with van der Waals surface area (Å²) in [6.07, 6.45) is 0.680. The van der Waals surface area contributed by atoms with E-state index >= 15 is 0 Å². The number of halogens is 1. The van der Waals surface area contributed by atoms with Crippen molar-refractivity contribution in [3.05, 3.63) is 35.3 Å². The summed E-state index contributed by atoms with van der Waals surface area (Å²) < 4.78 is 19.6. The number of amides is 1. The van der Waals surface area contributed by atoms with Crippen LogP contribution in [0.15, 0.2) is 18.2 Å². The number of hydrogen-bond acceptors (Lipinski definition) is 7. The number of carbonyl (C=O) groups is 1. The van der Waals surface area contributed by atoms with Gasteiger partial charge in [0.25, 0.3) is 5.91 Å². The number of nitrogens with zero attached hydrogens (tertiary/aromatic N) is 2. The van der Waals surface area contributed by atoms with E-state index in [1.807, 2.05) is 13.8 Å². The molecule has 6 N–H and O–H groups in total. The Bertz CT molecular complexity index is 828. The van der Waals surface area contributed by atoms with Crippen molar-refractivity contribution in [2.75, 3.05) is 17.7 Å². The van der Waals surface area contributed by atoms with Crippen LogP contribution >= 0.6 is 0 Å². The smallest absolute Gasteiger partial charge is 0.252 e. The van der Waals surface area contributed by atoms with Gasteiger partial charge in [0.2, 0.25) is 5.88 Å². The van der Waals surface area contributed by atoms with Crippen LogP contribution in [0.25, 0.3) is 0 Å². The molecule has 0 fully saturated rings. The third kappa shape index (κ3) is 5.04. The molecule has 8 nitrogen and oxygen atoms in total. The molecule has 0 aliphatic carbocycles. The highest BCUT2D eigenvalue weighted by molar-refractivity contribution is 5.98. The van der Waals surface area contributed by atoms with Crippen LogP contribution in [-0.2, 0) is 0 Å². The molecule has 0 aromatic carbocycles. The number of anilines is 3. The van der Waals surface area contributed by atoms with E-state index in [0.717, 1.165) is 6.07 Å². The highest BCUT2D eigenvalue weighted by atomic mass is 19.1. The van der Waals surface area contributed by atoms with Gasteiger partial charge in [-0.1, -0.05) is 6.92 Å². The first-order valence-electron chi connectivity index (χ1n) is 8.57. The largest absolute Gasteiger partial charge is 0.481 e. The van der Waals surface area contributed by atoms with Gasteiger partial charge < -0.3 is 26.8 Å². The normalized spacial score (nSPS) is 13.0. The van der Waals surface area contributed by atoms with Gasteiger partial charge in [-0.15, -0.1) is 0 Å². The zero-order valence-electron chi connectivity index (χ0n) is 15.8. The third-order valence-corrected chi connectivity index (χ3v) is 4.04. The van der Waals surface area contributed by atoms with Crippen molar-refractivity contribution in [2.24, 2.45) is 11.5 Å². The van der Waals surface area contributed by atoms with Gasteiger partial charge in [-0.05, 0) is 32.4 Å². The first kappa shape index (κ1) is 20.4. The van der Waals surface area contributed by atoms with E-state index in [4.69, 9.17) is 16.2 Å². The lowest BCUT2D eigenvalue weighted by Crippen LogP contribution is -2.38. The number of nitrogens with two attached hydrogens (primary N) is 2. The van der Waals surface area contributed by atoms with Crippen LogP contribution in [0, 0.1) is 12.7 Å². The maximum absolute atomic E-state index is 14.4. The molecule has 0 saturated carbocycles. The quantitative estimate of drug-likeness (QED) is 0.556. The van der Waals surface area contributed by atoms with Gasteiger partial charge >= 0.3 is 0 Å². The topological polar surface area (TPSA) is 128 Å². The van der Waals surface area contributed by atoms with Crippen LogP contribution in [-0.4, -0.2) is 35.1 Å². The molecule has 9 heteroatoms. The number of aryl methyl sites for hydroxylation is 1. The molecule has 0 radical (unpaired) electrons. The molecule has 2 atom stereocenters. The summed E-state index contributed by atoms with van der Waals surface area (Å²) >= 11 is 0. The summed E-state index contributed by atoms with van der Waals surface area (Å²) in [6.45, 7) is 5.55. The van der Waals surface area contributed by atoms with Gasteiger partial charge in [-0.3, -0.25) is 4.79 Å². The molecule has 0 saturated heterocycles. The third-order valence-electron chi connectivity index (χ3n) is 4.04. The Morgan fingerprint density at radius 1 is 1.30 bits per heavy atom. The first-order valence-corrected chi connectivity index (χ1v) is 8.57. The summed E-state index contributed by atoms with van der Waals surface area (Å²) in [5.74, 6) is -0.978. The van der Waals surface area contributed by atoms with Gasteiger partial charge in [0.1, 0.15) is 5.82 Å². The van der Waals surface area contributed by atoms with Gasteiger partial charge in [-0.2, -0.15) is 0 Å². The Balaban J connectivity index is 2.45. The maximum Gasteiger partial charge on any atom is 0.252 e. The van der Waals surface area contributed by atoms with Crippen LogP contribution in [0.4, 0.5) is 21.7 Å². The number of primary amides is 1. The molecule has 0 aliphatic rings. The average molecular weight is 376 g/mol. The SMILES string of the molecule is CC[C@@H](Nc1nc(Nc2cc(C)nc(OC)c2)c(C(N)=O)cc1F)[C@H](C)N. The van der Waals surface area contributed by atoms with Crippen LogP contribution in [0.5, 0.6) is 5.88 Å². The predicted molar refractivity (Wildman–Crippen MR) is 103 cm³/mol. The molecule has 2 heterocycles. The summed E-state index contributed by atoms with van der Waals surface area (Å²) in [7, 11) is 1.50. The highest BCUT2D eigenvalue weighted by Gasteiger charge is 2.19. The predicted octanol–water partition coefficient (Wildman–Crippen LogP) is 2.31. The lowest BCUT2D eigenvalue weighted by Gasteiger charge is -2.22. The molecule has 0 bridgehead atoms. The molecule has 2 rings (SSSR count). The Labute approximate surface area is 157 Å². The molecule has 27 heavy (non-hydrogen) atoms. The van der Waals surface area contributed by atoms with E-state index in [1.165, 1.54) is 7.11 Å². The Kier molecular flexibility index (Phi) is 6.51. The van der Waals surface area contributed by atoms with Crippen molar-refractivity contribution in [1.82, 2.24) is 9.97 Å². The first-order chi connectivity index (χ1) is 12.7. The lowest BCUT2D eigenvalue weighted by atomic mass is 10.1. The van der Waals surface area contributed by atoms with E-state index in [-0.39, 0.29) is 29.3 Å². The molecule has 0 spiro atoms. The van der Waals surface area contributed by atoms with Crippen LogP contribution in [0.1, 0.15) is 36.3 Å². The van der Waals surface area contributed by atoms with Gasteiger partial charge in [-0.25, -0.2) is 14.4 Å². The van der Waals surface area contributed by atoms with E-state index in [0.29, 0.717) is 23.7 Å². The van der Waals surface area contributed by atoms with Crippen LogP contribution < -0.4 is 26.8 Å². The number of pyridine rings is 2. The molecular formula is C18H25FN6O2. The van der Waals surface area contributed by atoms with Crippen molar-refractivity contribution in [2.45, 2.75) is 39.3 Å². The zero-order chi connectivity index (χ0) is 20.1. The molecule has 0 unspecified atom stereocenters. The minimum atomic E-state index is -0.799. The average Bonchev–Trinajstić information content (AvgIpc) is 2.60. The fraction of sp³-hybridized carbons (Fsp3) is 0.389. The van der Waals surface area contributed by atoms with E-state index in [9.17, 15) is 9.18 Å². The van der Waals surface area contributed by atoms with Crippen LogP contribution in [0.3, 0.4) is 0 Å². The van der Waals surface area contributed by atoms with Crippen molar-refractivity contribution in [3.8, 4) is 5.88 Å². The fourth-order valence-corrected chi connectivity index (χ4v) is 2.61. The molecule has 2 aromatic rings. The van der Waals surface area contributed by atoms with Crippen molar-refractivity contribution in [3.63, 3.8) is 0 Å². The molecule has 0 aliphatic heterocycles. The standard InChI is InChI=1S/C18H25FN6O2/c1-5-14(10(3)20)24-18-13(19)8-12(16(21)26)17(25-18)23-11-6-9(2)22-15(7-11)27-4/h6-8,10,14H,5,20H2,1-4H3,(H2,21,26)(H2,22,23,24,25)/t10-,14+/m0/s1. The van der Waals surface area contributed by atoms with Crippen molar-refractivity contribution >= 4 is 23.2 Å². The van der Waals surface area contributed by atoms with Gasteiger partial charge in [0.05, 0.1) is 12.7 Å². The van der Waals surface area contributed by atoms with Gasteiger partial charge in [0.15, 0.2) is 11.6 Å². The second kappa shape index (κ2) is 8.63. The Hall–Kier alpha value is -2.94. The fourth-order valence-electron chi connectivity index (χ4n) is 2.61. The Morgan fingerprint density at radius 2 is 2.00 bits per heavy atom. The number of aromatic nitrogens is 2. The lowest BCUT2D eigenvalue weighted by molar-refractivity contribution is 0.100. The summed E-state index contributed by atoms with van der Waals surface area (Å²) in [5, 5.41) is 5.97. The van der Waals surface area contributed by atoms with Crippen molar-refractivity contribution in [1.29, 1.82) is 0 Å². The molecule has 146 valence electrons. The summed E-state index contributed by atoms with van der Waals surface area (Å²) in [6, 6.07) is 4.03. The number of rotatable bonds is 8. The van der Waals surface area contributed by atoms with E-state index < -0.39 is 11.7 Å². The molecule has 2 aromatic heterocycles. The Morgan fingerprint density at radius 3 is 2.56 bits per heavy atom. The molecular weight excluding hydrogens is 351 g/mol. The van der Waals surface area contributed by atoms with E-state index in [2.05, 4.69) is 20.6 Å². The van der Waals surface area contributed by atoms with Gasteiger partial charge in [0, 0.05) is 29.5 Å². The minimum absolute atomic E-state index is 0.00982. The van der Waals surface area contributed by atoms with Crippen LogP contribution in [0.2, 0.25) is 0 Å². The maximum atomic E-state index is 14.4. The number of ether oxygens (including phenoxy) is 1. The van der Waals surface area contributed by atoms with Crippen molar-refractivity contribution < 1.29 is 13.9 Å². The second-order valence-electron chi connectivity index (χ2n) is 6.26. The highest BCUT2D eigenvalue weighted by Crippen LogP contribution is 2.26. The molecule has 1 amide bonds. The summed E-state index contributed by atoms with van der Waals surface area (Å²) in [5.41, 5.74) is 12.5. The number of methoxy groups -OCH3 is 1. The zero-order valence-corrected chi connectivity index (χ0v) is 15.8.